The van der Waals surface area contributed by atoms with Gasteiger partial charge in [-0.3, -0.25) is 9.59 Å². The van der Waals surface area contributed by atoms with E-state index in [0.29, 0.717) is 13.0 Å². The van der Waals surface area contributed by atoms with E-state index in [-0.39, 0.29) is 35.8 Å². The summed E-state index contributed by atoms with van der Waals surface area (Å²) >= 11 is 1.63. The second kappa shape index (κ2) is 6.76. The number of thioether (sulfide) groups is 1. The van der Waals surface area contributed by atoms with Crippen molar-refractivity contribution < 1.29 is 18.0 Å². The Labute approximate surface area is 145 Å². The van der Waals surface area contributed by atoms with Crippen molar-refractivity contribution in [3.63, 3.8) is 0 Å². The summed E-state index contributed by atoms with van der Waals surface area (Å²) in [6.07, 6.45) is 2.60. The summed E-state index contributed by atoms with van der Waals surface area (Å²) in [4.78, 5) is 27.3. The van der Waals surface area contributed by atoms with Crippen molar-refractivity contribution in [1.29, 1.82) is 0 Å². The lowest BCUT2D eigenvalue weighted by Crippen LogP contribution is -2.40. The first-order valence-electron chi connectivity index (χ1n) is 7.83. The zero-order valence-corrected chi connectivity index (χ0v) is 15.0. The highest BCUT2D eigenvalue weighted by Gasteiger charge is 2.37. The molecule has 0 aliphatic carbocycles. The number of hydrogen-bond acceptors (Lipinski definition) is 5. The molecular weight excluding hydrogens is 348 g/mol. The molecule has 8 heteroatoms. The SMILES string of the molecule is CSc1ccc(N2CC(C(=O)NC3CCS(=O)(=O)C3)CC2=O)cc1. The van der Waals surface area contributed by atoms with Gasteiger partial charge < -0.3 is 10.2 Å². The Morgan fingerprint density at radius 1 is 1.29 bits per heavy atom. The smallest absolute Gasteiger partial charge is 0.227 e. The van der Waals surface area contributed by atoms with Gasteiger partial charge in [0.25, 0.3) is 0 Å². The summed E-state index contributed by atoms with van der Waals surface area (Å²) < 4.78 is 22.9. The van der Waals surface area contributed by atoms with Crippen LogP contribution in [0.4, 0.5) is 5.69 Å². The number of nitrogens with one attached hydrogen (secondary N) is 1. The van der Waals surface area contributed by atoms with E-state index in [2.05, 4.69) is 5.32 Å². The van der Waals surface area contributed by atoms with Crippen LogP contribution in [0.25, 0.3) is 0 Å². The molecule has 0 aromatic heterocycles. The van der Waals surface area contributed by atoms with Gasteiger partial charge in [-0.15, -0.1) is 11.8 Å². The molecule has 0 spiro atoms. The molecule has 2 heterocycles. The van der Waals surface area contributed by atoms with Gasteiger partial charge >= 0.3 is 0 Å². The van der Waals surface area contributed by atoms with Crippen LogP contribution in [0, 0.1) is 5.92 Å². The number of amides is 2. The lowest BCUT2D eigenvalue weighted by molar-refractivity contribution is -0.126. The van der Waals surface area contributed by atoms with E-state index >= 15 is 0 Å². The monoisotopic (exact) mass is 368 g/mol. The molecule has 24 heavy (non-hydrogen) atoms. The Bertz CT molecular complexity index is 746. The summed E-state index contributed by atoms with van der Waals surface area (Å²) in [6, 6.07) is 7.34. The van der Waals surface area contributed by atoms with Gasteiger partial charge in [0.05, 0.1) is 17.4 Å². The number of sulfone groups is 1. The van der Waals surface area contributed by atoms with E-state index in [1.165, 1.54) is 0 Å². The number of anilines is 1. The fraction of sp³-hybridized carbons (Fsp3) is 0.500. The predicted octanol–water partition coefficient (Wildman–Crippen LogP) is 1.06. The lowest BCUT2D eigenvalue weighted by atomic mass is 10.1. The highest BCUT2D eigenvalue weighted by atomic mass is 32.2. The minimum Gasteiger partial charge on any atom is -0.352 e. The summed E-state index contributed by atoms with van der Waals surface area (Å²) in [5.74, 6) is -0.616. The average Bonchev–Trinajstić information content (AvgIpc) is 3.10. The first-order chi connectivity index (χ1) is 11.4. The van der Waals surface area contributed by atoms with E-state index in [0.717, 1.165) is 10.6 Å². The van der Waals surface area contributed by atoms with Gasteiger partial charge in [0.2, 0.25) is 11.8 Å². The van der Waals surface area contributed by atoms with Crippen molar-refractivity contribution >= 4 is 39.1 Å². The Hall–Kier alpha value is -1.54. The van der Waals surface area contributed by atoms with Crippen LogP contribution in [-0.4, -0.2) is 50.6 Å². The molecule has 1 aromatic rings. The van der Waals surface area contributed by atoms with E-state index < -0.39 is 15.8 Å². The molecule has 2 aliphatic heterocycles. The molecule has 2 unspecified atom stereocenters. The molecule has 2 amide bonds. The summed E-state index contributed by atoms with van der Waals surface area (Å²) in [7, 11) is -3.03. The third-order valence-corrected chi connectivity index (χ3v) is 6.97. The van der Waals surface area contributed by atoms with Crippen LogP contribution in [-0.2, 0) is 19.4 Å². The van der Waals surface area contributed by atoms with E-state index in [4.69, 9.17) is 0 Å². The molecule has 0 saturated carbocycles. The number of carbonyl (C=O) groups is 2. The Kier molecular flexibility index (Phi) is 4.87. The van der Waals surface area contributed by atoms with Gasteiger partial charge in [-0.1, -0.05) is 0 Å². The van der Waals surface area contributed by atoms with Gasteiger partial charge in [-0.05, 0) is 36.9 Å². The van der Waals surface area contributed by atoms with Crippen molar-refractivity contribution in [2.75, 3.05) is 29.2 Å². The molecule has 1 aromatic carbocycles. The molecule has 2 fully saturated rings. The predicted molar refractivity (Wildman–Crippen MR) is 93.9 cm³/mol. The third kappa shape index (κ3) is 3.75. The zero-order valence-electron chi connectivity index (χ0n) is 13.4. The Morgan fingerprint density at radius 3 is 2.58 bits per heavy atom. The van der Waals surface area contributed by atoms with E-state index in [1.54, 1.807) is 16.7 Å². The van der Waals surface area contributed by atoms with Gasteiger partial charge in [0, 0.05) is 29.6 Å². The van der Waals surface area contributed by atoms with Crippen molar-refractivity contribution in [2.24, 2.45) is 5.92 Å². The first kappa shape index (κ1) is 17.3. The minimum absolute atomic E-state index is 0.000727. The molecule has 6 nitrogen and oxygen atoms in total. The van der Waals surface area contributed by atoms with E-state index in [9.17, 15) is 18.0 Å². The highest BCUT2D eigenvalue weighted by Crippen LogP contribution is 2.27. The zero-order chi connectivity index (χ0) is 17.3. The average molecular weight is 368 g/mol. The van der Waals surface area contributed by atoms with Crippen LogP contribution in [0.1, 0.15) is 12.8 Å². The fourth-order valence-electron chi connectivity index (χ4n) is 3.12. The number of carbonyl (C=O) groups excluding carboxylic acids is 2. The third-order valence-electron chi connectivity index (χ3n) is 4.46. The van der Waals surface area contributed by atoms with Crippen LogP contribution in [0.2, 0.25) is 0 Å². The van der Waals surface area contributed by atoms with Gasteiger partial charge in [0.15, 0.2) is 9.84 Å². The maximum absolute atomic E-state index is 12.3. The summed E-state index contributed by atoms with van der Waals surface area (Å²) in [5, 5.41) is 2.79. The normalized spacial score (nSPS) is 25.9. The largest absolute Gasteiger partial charge is 0.352 e. The minimum atomic E-state index is -3.03. The van der Waals surface area contributed by atoms with Crippen molar-refractivity contribution in [3.05, 3.63) is 24.3 Å². The number of rotatable bonds is 4. The van der Waals surface area contributed by atoms with Crippen molar-refractivity contribution in [1.82, 2.24) is 5.32 Å². The van der Waals surface area contributed by atoms with Crippen molar-refractivity contribution in [2.45, 2.75) is 23.8 Å². The van der Waals surface area contributed by atoms with Gasteiger partial charge in [0.1, 0.15) is 0 Å². The van der Waals surface area contributed by atoms with Crippen molar-refractivity contribution in [3.8, 4) is 0 Å². The standard InChI is InChI=1S/C16H20N2O4S2/c1-23-14-4-2-13(3-5-14)18-9-11(8-15(18)19)16(20)17-12-6-7-24(21,22)10-12/h2-5,11-12H,6-10H2,1H3,(H,17,20). The highest BCUT2D eigenvalue weighted by molar-refractivity contribution is 7.98. The Morgan fingerprint density at radius 2 is 2.00 bits per heavy atom. The summed E-state index contributed by atoms with van der Waals surface area (Å²) in [6.45, 7) is 0.336. The first-order valence-corrected chi connectivity index (χ1v) is 10.9. The van der Waals surface area contributed by atoms with Crippen LogP contribution in [0.3, 0.4) is 0 Å². The Balaban J connectivity index is 1.62. The maximum atomic E-state index is 12.3. The molecule has 2 saturated heterocycles. The fourth-order valence-corrected chi connectivity index (χ4v) is 5.20. The van der Waals surface area contributed by atoms with Crippen LogP contribution < -0.4 is 10.2 Å². The van der Waals surface area contributed by atoms with Crippen LogP contribution >= 0.6 is 11.8 Å². The van der Waals surface area contributed by atoms with Crippen LogP contribution in [0.15, 0.2) is 29.2 Å². The van der Waals surface area contributed by atoms with Gasteiger partial charge in [-0.25, -0.2) is 8.42 Å². The number of nitrogens with zero attached hydrogens (tertiary/aromatic N) is 1. The van der Waals surface area contributed by atoms with Crippen LogP contribution in [0.5, 0.6) is 0 Å². The second-order valence-electron chi connectivity index (χ2n) is 6.21. The topological polar surface area (TPSA) is 83.6 Å². The van der Waals surface area contributed by atoms with E-state index in [1.807, 2.05) is 30.5 Å². The van der Waals surface area contributed by atoms with Gasteiger partial charge in [-0.2, -0.15) is 0 Å². The second-order valence-corrected chi connectivity index (χ2v) is 9.32. The molecule has 0 radical (unpaired) electrons. The molecule has 130 valence electrons. The molecule has 3 rings (SSSR count). The molecule has 0 bridgehead atoms. The quantitative estimate of drug-likeness (QED) is 0.804. The molecule has 1 N–H and O–H groups in total. The molecule has 2 atom stereocenters. The summed E-state index contributed by atoms with van der Waals surface area (Å²) in [5.41, 5.74) is 0.788. The number of hydrogen-bond donors (Lipinski definition) is 1. The lowest BCUT2D eigenvalue weighted by Gasteiger charge is -2.18. The molecular formula is C16H20N2O4S2. The number of benzene rings is 1. The maximum Gasteiger partial charge on any atom is 0.227 e. The molecule has 2 aliphatic rings.